The number of ether oxygens (including phenoxy) is 1. The summed E-state index contributed by atoms with van der Waals surface area (Å²) in [5.74, 6) is 1.91. The zero-order chi connectivity index (χ0) is 19.5. The third kappa shape index (κ3) is 3.60. The number of aromatic nitrogens is 2. The van der Waals surface area contributed by atoms with E-state index in [1.807, 2.05) is 41.1 Å². The van der Waals surface area contributed by atoms with Gasteiger partial charge < -0.3 is 9.64 Å². The van der Waals surface area contributed by atoms with Crippen LogP contribution in [0.25, 0.3) is 0 Å². The molecule has 0 atom stereocenters. The molecule has 28 heavy (non-hydrogen) atoms. The van der Waals surface area contributed by atoms with Crippen molar-refractivity contribution in [2.24, 2.45) is 0 Å². The molecule has 5 nitrogen and oxygen atoms in total. The molecule has 0 N–H and O–H groups in total. The van der Waals surface area contributed by atoms with Crippen molar-refractivity contribution in [3.05, 3.63) is 82.8 Å². The predicted octanol–water partition coefficient (Wildman–Crippen LogP) is 3.24. The van der Waals surface area contributed by atoms with Gasteiger partial charge in [-0.05, 0) is 23.8 Å². The lowest BCUT2D eigenvalue weighted by molar-refractivity contribution is 0.0701. The van der Waals surface area contributed by atoms with Crippen LogP contribution in [0.1, 0.15) is 27.2 Å². The summed E-state index contributed by atoms with van der Waals surface area (Å²) in [6, 6.07) is 15.9. The summed E-state index contributed by atoms with van der Waals surface area (Å²) in [5.41, 5.74) is 2.33. The highest BCUT2D eigenvalue weighted by molar-refractivity contribution is 5.94. The Morgan fingerprint density at radius 3 is 2.75 bits per heavy atom. The summed E-state index contributed by atoms with van der Waals surface area (Å²) >= 11 is 0. The fourth-order valence-electron chi connectivity index (χ4n) is 3.16. The lowest BCUT2D eigenvalue weighted by Gasteiger charge is -2.27. The van der Waals surface area contributed by atoms with Crippen LogP contribution in [0.15, 0.2) is 54.6 Å². The second-order valence-electron chi connectivity index (χ2n) is 6.54. The number of amides is 1. The van der Waals surface area contributed by atoms with Gasteiger partial charge in [0.25, 0.3) is 5.91 Å². The Kier molecular flexibility index (Phi) is 4.81. The van der Waals surface area contributed by atoms with E-state index in [0.717, 1.165) is 11.3 Å². The van der Waals surface area contributed by atoms with E-state index in [1.165, 1.54) is 12.1 Å². The van der Waals surface area contributed by atoms with Gasteiger partial charge in [0.05, 0.1) is 24.3 Å². The third-order valence-electron chi connectivity index (χ3n) is 4.66. The number of terminal acetylenes is 1. The number of halogens is 1. The van der Waals surface area contributed by atoms with Crippen LogP contribution in [-0.4, -0.2) is 27.1 Å². The van der Waals surface area contributed by atoms with E-state index in [2.05, 4.69) is 11.0 Å². The smallest absolute Gasteiger partial charge is 0.257 e. The molecule has 1 aliphatic rings. The van der Waals surface area contributed by atoms with Gasteiger partial charge in [-0.1, -0.05) is 36.3 Å². The highest BCUT2D eigenvalue weighted by atomic mass is 19.1. The minimum absolute atomic E-state index is 0.0208. The van der Waals surface area contributed by atoms with Crippen LogP contribution in [0.2, 0.25) is 0 Å². The van der Waals surface area contributed by atoms with E-state index in [4.69, 9.17) is 11.2 Å². The van der Waals surface area contributed by atoms with E-state index in [0.29, 0.717) is 37.7 Å². The van der Waals surface area contributed by atoms with Gasteiger partial charge in [0.2, 0.25) is 5.88 Å². The van der Waals surface area contributed by atoms with Crippen molar-refractivity contribution in [3.8, 4) is 18.2 Å². The van der Waals surface area contributed by atoms with Gasteiger partial charge in [-0.2, -0.15) is 0 Å². The first-order valence-electron chi connectivity index (χ1n) is 8.93. The average molecular weight is 375 g/mol. The van der Waals surface area contributed by atoms with E-state index < -0.39 is 5.82 Å². The maximum absolute atomic E-state index is 14.2. The van der Waals surface area contributed by atoms with Crippen LogP contribution in [0.3, 0.4) is 0 Å². The molecule has 1 aromatic heterocycles. The van der Waals surface area contributed by atoms with Crippen LogP contribution >= 0.6 is 0 Å². The molecule has 1 amide bonds. The fraction of sp³-hybridized carbons (Fsp3) is 0.182. The molecule has 0 unspecified atom stereocenters. The zero-order valence-corrected chi connectivity index (χ0v) is 15.1. The molecule has 0 fully saturated rings. The van der Waals surface area contributed by atoms with Gasteiger partial charge >= 0.3 is 0 Å². The molecule has 6 heteroatoms. The number of hydrogen-bond acceptors (Lipinski definition) is 3. The van der Waals surface area contributed by atoms with Gasteiger partial charge in [-0.15, -0.1) is 11.5 Å². The molecule has 0 spiro atoms. The molecule has 2 aromatic carbocycles. The lowest BCUT2D eigenvalue weighted by atomic mass is 10.1. The summed E-state index contributed by atoms with van der Waals surface area (Å²) in [4.78, 5) is 14.3. The average Bonchev–Trinajstić information content (AvgIpc) is 3.14. The largest absolute Gasteiger partial charge is 0.472 e. The van der Waals surface area contributed by atoms with Crippen LogP contribution < -0.4 is 4.74 Å². The van der Waals surface area contributed by atoms with Crippen molar-refractivity contribution in [2.75, 3.05) is 6.54 Å². The van der Waals surface area contributed by atoms with E-state index >= 15 is 0 Å². The highest BCUT2D eigenvalue weighted by Crippen LogP contribution is 2.21. The Morgan fingerprint density at radius 2 is 2.00 bits per heavy atom. The van der Waals surface area contributed by atoms with Crippen LogP contribution in [0, 0.1) is 18.2 Å². The second-order valence-corrected chi connectivity index (χ2v) is 6.54. The Morgan fingerprint density at radius 1 is 1.18 bits per heavy atom. The van der Waals surface area contributed by atoms with Gasteiger partial charge in [0, 0.05) is 18.2 Å². The number of benzene rings is 2. The summed E-state index contributed by atoms with van der Waals surface area (Å²) in [6.45, 7) is 1.74. The molecule has 0 saturated heterocycles. The maximum atomic E-state index is 14.2. The Balaban J connectivity index is 1.45. The first-order chi connectivity index (χ1) is 13.6. The first kappa shape index (κ1) is 17.8. The normalized spacial score (nSPS) is 12.9. The topological polar surface area (TPSA) is 47.4 Å². The molecule has 2 heterocycles. The molecule has 0 aliphatic carbocycles. The third-order valence-corrected chi connectivity index (χ3v) is 4.66. The SMILES string of the molecule is C#Cc1ccc(C(=O)N2CCn3nc(OCc4ccccc4)cc3C2)c(F)c1. The second kappa shape index (κ2) is 7.57. The van der Waals surface area contributed by atoms with Crippen molar-refractivity contribution in [2.45, 2.75) is 19.7 Å². The summed E-state index contributed by atoms with van der Waals surface area (Å²) in [7, 11) is 0. The minimum Gasteiger partial charge on any atom is -0.472 e. The summed E-state index contributed by atoms with van der Waals surface area (Å²) in [6.07, 6.45) is 5.27. The number of hydrogen-bond donors (Lipinski definition) is 0. The van der Waals surface area contributed by atoms with Gasteiger partial charge in [0.1, 0.15) is 12.4 Å². The van der Waals surface area contributed by atoms with Gasteiger partial charge in [0.15, 0.2) is 0 Å². The van der Waals surface area contributed by atoms with Crippen molar-refractivity contribution in [3.63, 3.8) is 0 Å². The van der Waals surface area contributed by atoms with E-state index in [1.54, 1.807) is 11.0 Å². The highest BCUT2D eigenvalue weighted by Gasteiger charge is 2.25. The first-order valence-corrected chi connectivity index (χ1v) is 8.93. The molecule has 1 aliphatic heterocycles. The standard InChI is InChI=1S/C22H18FN3O2/c1-2-16-8-9-19(20(23)12-16)22(27)25-10-11-26-18(14-25)13-21(24-26)28-15-17-6-4-3-5-7-17/h1,3-9,12-13H,10-11,14-15H2. The molecule has 0 saturated carbocycles. The van der Waals surface area contributed by atoms with Crippen molar-refractivity contribution < 1.29 is 13.9 Å². The number of nitrogens with zero attached hydrogens (tertiary/aromatic N) is 3. The van der Waals surface area contributed by atoms with Gasteiger partial charge in [-0.25, -0.2) is 4.39 Å². The lowest BCUT2D eigenvalue weighted by Crippen LogP contribution is -2.38. The van der Waals surface area contributed by atoms with Crippen LogP contribution in [0.5, 0.6) is 5.88 Å². The molecule has 4 rings (SSSR count). The summed E-state index contributed by atoms with van der Waals surface area (Å²) in [5, 5.41) is 4.43. The molecule has 140 valence electrons. The number of fused-ring (bicyclic) bond motifs is 1. The maximum Gasteiger partial charge on any atom is 0.257 e. The Bertz CT molecular complexity index is 1050. The fourth-order valence-corrected chi connectivity index (χ4v) is 3.16. The number of carbonyl (C=O) groups is 1. The summed E-state index contributed by atoms with van der Waals surface area (Å²) < 4.78 is 21.8. The van der Waals surface area contributed by atoms with Crippen molar-refractivity contribution in [1.29, 1.82) is 0 Å². The van der Waals surface area contributed by atoms with Crippen molar-refractivity contribution >= 4 is 5.91 Å². The monoisotopic (exact) mass is 375 g/mol. The quantitative estimate of drug-likeness (QED) is 0.658. The molecule has 0 bridgehead atoms. The van der Waals surface area contributed by atoms with Crippen molar-refractivity contribution in [1.82, 2.24) is 14.7 Å². The van der Waals surface area contributed by atoms with Crippen LogP contribution in [0.4, 0.5) is 4.39 Å². The Hall–Kier alpha value is -3.59. The molecular weight excluding hydrogens is 357 g/mol. The number of carbonyl (C=O) groups excluding carboxylic acids is 1. The van der Waals surface area contributed by atoms with E-state index in [-0.39, 0.29) is 11.5 Å². The molecule has 3 aromatic rings. The molecule has 0 radical (unpaired) electrons. The zero-order valence-electron chi connectivity index (χ0n) is 15.1. The van der Waals surface area contributed by atoms with Gasteiger partial charge in [-0.3, -0.25) is 9.48 Å². The predicted molar refractivity (Wildman–Crippen MR) is 102 cm³/mol. The molecular formula is C22H18FN3O2. The van der Waals surface area contributed by atoms with E-state index in [9.17, 15) is 9.18 Å². The Labute approximate surface area is 162 Å². The number of rotatable bonds is 4. The minimum atomic E-state index is -0.605. The van der Waals surface area contributed by atoms with Crippen LogP contribution in [-0.2, 0) is 19.7 Å².